The molecule has 0 bridgehead atoms. The number of halogens is 1. The lowest BCUT2D eigenvalue weighted by Crippen LogP contribution is -2.51. The van der Waals surface area contributed by atoms with Gasteiger partial charge in [-0.3, -0.25) is 4.79 Å². The lowest BCUT2D eigenvalue weighted by molar-refractivity contribution is -0.134. The van der Waals surface area contributed by atoms with Crippen molar-refractivity contribution in [3.05, 3.63) is 53.6 Å². The maximum absolute atomic E-state index is 12.7. The number of rotatable bonds is 6. The van der Waals surface area contributed by atoms with Crippen molar-refractivity contribution in [2.24, 2.45) is 0 Å². The van der Waals surface area contributed by atoms with Crippen molar-refractivity contribution >= 4 is 37.4 Å². The topological polar surface area (TPSA) is 101 Å². The molecule has 8 nitrogen and oxygen atoms in total. The molecule has 30 heavy (non-hydrogen) atoms. The van der Waals surface area contributed by atoms with Gasteiger partial charge in [0.1, 0.15) is 5.75 Å². The first-order valence-corrected chi connectivity index (χ1v) is 12.7. The summed E-state index contributed by atoms with van der Waals surface area (Å²) in [5.41, 5.74) is 0. The number of carbonyl (C=O) groups excluding carboxylic acids is 1. The van der Waals surface area contributed by atoms with Gasteiger partial charge in [-0.2, -0.15) is 4.31 Å². The number of carbonyl (C=O) groups is 1. The van der Waals surface area contributed by atoms with E-state index in [4.69, 9.17) is 16.3 Å². The van der Waals surface area contributed by atoms with Crippen LogP contribution in [-0.2, 0) is 24.7 Å². The van der Waals surface area contributed by atoms with Gasteiger partial charge in [-0.05, 0) is 48.5 Å². The fourth-order valence-corrected chi connectivity index (χ4v) is 5.13. The lowest BCUT2D eigenvalue weighted by atomic mass is 10.3. The number of sulfonamides is 1. The average Bonchev–Trinajstić information content (AvgIpc) is 2.72. The van der Waals surface area contributed by atoms with Crippen LogP contribution in [-0.4, -0.2) is 71.0 Å². The van der Waals surface area contributed by atoms with Crippen LogP contribution in [0.15, 0.2) is 58.3 Å². The summed E-state index contributed by atoms with van der Waals surface area (Å²) in [6.45, 7) is 0.645. The first-order chi connectivity index (χ1) is 14.1. The van der Waals surface area contributed by atoms with Gasteiger partial charge in [0.25, 0.3) is 5.91 Å². The monoisotopic (exact) mass is 472 g/mol. The number of amides is 1. The van der Waals surface area contributed by atoms with E-state index in [1.165, 1.54) is 52.8 Å². The van der Waals surface area contributed by atoms with Crippen LogP contribution in [0.3, 0.4) is 0 Å². The lowest BCUT2D eigenvalue weighted by Gasteiger charge is -2.34. The molecular formula is C19H21ClN2O6S2. The second kappa shape index (κ2) is 8.93. The van der Waals surface area contributed by atoms with Crippen molar-refractivity contribution in [2.75, 3.05) is 39.0 Å². The van der Waals surface area contributed by atoms with Gasteiger partial charge in [0, 0.05) is 37.5 Å². The third-order valence-corrected chi connectivity index (χ3v) is 7.95. The molecule has 1 heterocycles. The van der Waals surface area contributed by atoms with Gasteiger partial charge < -0.3 is 9.64 Å². The molecule has 1 amide bonds. The molecule has 0 saturated carbocycles. The molecule has 1 aliphatic heterocycles. The summed E-state index contributed by atoms with van der Waals surface area (Å²) in [5.74, 6) is 0.102. The van der Waals surface area contributed by atoms with Crippen molar-refractivity contribution in [1.82, 2.24) is 9.21 Å². The molecule has 0 unspecified atom stereocenters. The van der Waals surface area contributed by atoms with E-state index >= 15 is 0 Å². The van der Waals surface area contributed by atoms with Crippen LogP contribution in [0.1, 0.15) is 0 Å². The zero-order valence-electron chi connectivity index (χ0n) is 16.2. The van der Waals surface area contributed by atoms with E-state index in [2.05, 4.69) is 0 Å². The van der Waals surface area contributed by atoms with Gasteiger partial charge in [-0.15, -0.1) is 0 Å². The Labute approximate surface area is 181 Å². The number of ether oxygens (including phenoxy) is 1. The average molecular weight is 473 g/mol. The highest BCUT2D eigenvalue weighted by Crippen LogP contribution is 2.20. The highest BCUT2D eigenvalue weighted by Gasteiger charge is 2.30. The highest BCUT2D eigenvalue weighted by atomic mass is 35.5. The molecule has 3 rings (SSSR count). The summed E-state index contributed by atoms with van der Waals surface area (Å²) in [4.78, 5) is 14.2. The van der Waals surface area contributed by atoms with Crippen molar-refractivity contribution in [2.45, 2.75) is 9.79 Å². The van der Waals surface area contributed by atoms with E-state index in [1.54, 1.807) is 4.90 Å². The summed E-state index contributed by atoms with van der Waals surface area (Å²) in [5, 5.41) is 0.454. The first kappa shape index (κ1) is 22.5. The van der Waals surface area contributed by atoms with Gasteiger partial charge in [-0.1, -0.05) is 11.6 Å². The fourth-order valence-electron chi connectivity index (χ4n) is 2.95. The molecule has 0 aromatic heterocycles. The Morgan fingerprint density at radius 2 is 1.43 bits per heavy atom. The zero-order chi connectivity index (χ0) is 21.9. The smallest absolute Gasteiger partial charge is 0.260 e. The van der Waals surface area contributed by atoms with Crippen molar-refractivity contribution < 1.29 is 26.4 Å². The molecule has 1 aliphatic rings. The Hall–Kier alpha value is -2.14. The molecule has 0 spiro atoms. The number of piperazine rings is 1. The van der Waals surface area contributed by atoms with Crippen LogP contribution in [0.4, 0.5) is 0 Å². The summed E-state index contributed by atoms with van der Waals surface area (Å²) in [6.07, 6.45) is 1.11. The molecule has 0 aliphatic carbocycles. The molecule has 0 atom stereocenters. The van der Waals surface area contributed by atoms with Crippen molar-refractivity contribution in [3.63, 3.8) is 0 Å². The normalized spacial score (nSPS) is 15.7. The van der Waals surface area contributed by atoms with E-state index in [-0.39, 0.29) is 48.5 Å². The van der Waals surface area contributed by atoms with Crippen LogP contribution in [0, 0.1) is 0 Å². The Bertz CT molecular complexity index is 1110. The van der Waals surface area contributed by atoms with Crippen molar-refractivity contribution in [3.8, 4) is 5.75 Å². The van der Waals surface area contributed by atoms with Gasteiger partial charge in [-0.25, -0.2) is 16.8 Å². The van der Waals surface area contributed by atoms with Gasteiger partial charge in [0.15, 0.2) is 16.4 Å². The van der Waals surface area contributed by atoms with Gasteiger partial charge >= 0.3 is 0 Å². The second-order valence-electron chi connectivity index (χ2n) is 6.77. The first-order valence-electron chi connectivity index (χ1n) is 9.04. The summed E-state index contributed by atoms with van der Waals surface area (Å²) < 4.78 is 55.1. The second-order valence-corrected chi connectivity index (χ2v) is 11.2. The van der Waals surface area contributed by atoms with Crippen LogP contribution < -0.4 is 4.74 Å². The number of sulfone groups is 1. The maximum atomic E-state index is 12.7. The predicted octanol–water partition coefficient (Wildman–Crippen LogP) is 1.66. The molecule has 1 fully saturated rings. The van der Waals surface area contributed by atoms with E-state index in [0.29, 0.717) is 10.8 Å². The van der Waals surface area contributed by atoms with Crippen LogP contribution >= 0.6 is 11.6 Å². The Balaban J connectivity index is 1.53. The fraction of sp³-hybridized carbons (Fsp3) is 0.316. The molecule has 1 saturated heterocycles. The molecule has 0 radical (unpaired) electrons. The largest absolute Gasteiger partial charge is 0.484 e. The van der Waals surface area contributed by atoms with E-state index in [1.807, 2.05) is 0 Å². The number of hydrogen-bond acceptors (Lipinski definition) is 6. The molecule has 0 N–H and O–H groups in total. The number of benzene rings is 2. The molecule has 11 heteroatoms. The molecule has 2 aromatic rings. The minimum absolute atomic E-state index is 0.160. The zero-order valence-corrected chi connectivity index (χ0v) is 18.6. The number of nitrogens with zero attached hydrogens (tertiary/aromatic N) is 2. The SMILES string of the molecule is CS(=O)(=O)c1ccc(OCC(=O)N2CCN(S(=O)(=O)c3ccc(Cl)cc3)CC2)cc1. The third-order valence-electron chi connectivity index (χ3n) is 4.66. The standard InChI is InChI=1S/C19H21ClN2O6S2/c1-29(24,25)17-8-4-16(5-9-17)28-14-19(23)21-10-12-22(13-11-21)30(26,27)18-6-2-15(20)3-7-18/h2-9H,10-14H2,1H3. The van der Waals surface area contributed by atoms with Crippen LogP contribution in [0.2, 0.25) is 5.02 Å². The Morgan fingerprint density at radius 1 is 0.900 bits per heavy atom. The highest BCUT2D eigenvalue weighted by molar-refractivity contribution is 7.90. The maximum Gasteiger partial charge on any atom is 0.260 e. The van der Waals surface area contributed by atoms with Crippen LogP contribution in [0.5, 0.6) is 5.75 Å². The van der Waals surface area contributed by atoms with E-state index < -0.39 is 19.9 Å². The Morgan fingerprint density at radius 3 is 1.97 bits per heavy atom. The molecular weight excluding hydrogens is 452 g/mol. The summed E-state index contributed by atoms with van der Waals surface area (Å²) in [6, 6.07) is 11.8. The van der Waals surface area contributed by atoms with Crippen LogP contribution in [0.25, 0.3) is 0 Å². The third kappa shape index (κ3) is 5.31. The summed E-state index contributed by atoms with van der Waals surface area (Å²) in [7, 11) is -6.94. The van der Waals surface area contributed by atoms with Crippen molar-refractivity contribution in [1.29, 1.82) is 0 Å². The van der Waals surface area contributed by atoms with E-state index in [0.717, 1.165) is 6.26 Å². The van der Waals surface area contributed by atoms with E-state index in [9.17, 15) is 21.6 Å². The summed E-state index contributed by atoms with van der Waals surface area (Å²) >= 11 is 5.81. The quantitative estimate of drug-likeness (QED) is 0.633. The molecule has 2 aromatic carbocycles. The minimum atomic E-state index is -3.64. The minimum Gasteiger partial charge on any atom is -0.484 e. The Kier molecular flexibility index (Phi) is 6.71. The molecule has 162 valence electrons. The van der Waals surface area contributed by atoms with Gasteiger partial charge in [0.05, 0.1) is 9.79 Å². The van der Waals surface area contributed by atoms with Gasteiger partial charge in [0.2, 0.25) is 10.0 Å². The number of hydrogen-bond donors (Lipinski definition) is 0. The predicted molar refractivity (Wildman–Crippen MR) is 112 cm³/mol.